The van der Waals surface area contributed by atoms with Crippen molar-refractivity contribution in [1.82, 2.24) is 19.8 Å². The van der Waals surface area contributed by atoms with Crippen LogP contribution in [0.5, 0.6) is 0 Å². The first kappa shape index (κ1) is 32.8. The van der Waals surface area contributed by atoms with E-state index < -0.39 is 24.2 Å². The summed E-state index contributed by atoms with van der Waals surface area (Å²) in [4.78, 5) is 38.3. The number of aromatic amines is 1. The summed E-state index contributed by atoms with van der Waals surface area (Å²) in [5, 5.41) is 0. The van der Waals surface area contributed by atoms with Crippen LogP contribution in [0.15, 0.2) is 54.7 Å². The van der Waals surface area contributed by atoms with Gasteiger partial charge in [0.05, 0.1) is 60.7 Å². The van der Waals surface area contributed by atoms with Crippen LogP contribution in [0.1, 0.15) is 95.9 Å². The largest absolute Gasteiger partial charge is 0.495 e. The molecule has 2 fully saturated rings. The average molecular weight is 651 g/mol. The number of aromatic nitrogens is 2. The number of esters is 1. The molecule has 10 heteroatoms. The van der Waals surface area contributed by atoms with Gasteiger partial charge in [-0.05, 0) is 86.8 Å². The number of H-pyrrole nitrogens is 1. The molecule has 0 saturated carbocycles. The number of methoxy groups -OCH3 is 1. The molecule has 4 aliphatic rings. The zero-order chi connectivity index (χ0) is 34.1. The quantitative estimate of drug-likeness (QED) is 0.178. The van der Waals surface area contributed by atoms with Crippen LogP contribution in [-0.4, -0.2) is 70.7 Å². The van der Waals surface area contributed by atoms with Crippen molar-refractivity contribution in [1.29, 1.82) is 0 Å². The number of rotatable bonds is 8. The molecule has 5 heterocycles. The predicted molar refractivity (Wildman–Crippen MR) is 186 cm³/mol. The molecule has 1 N–H and O–H groups in total. The molecule has 48 heavy (non-hydrogen) atoms. The number of benzene rings is 2. The third kappa shape index (κ3) is 5.33. The maximum absolute atomic E-state index is 13.6. The second-order valence-electron chi connectivity index (χ2n) is 15.1. The van der Waals surface area contributed by atoms with E-state index in [1.54, 1.807) is 0 Å². The van der Waals surface area contributed by atoms with Crippen LogP contribution in [0.4, 0.5) is 0 Å². The minimum Gasteiger partial charge on any atom is -0.469 e. The van der Waals surface area contributed by atoms with Gasteiger partial charge in [-0.1, -0.05) is 62.4 Å². The maximum atomic E-state index is 13.6. The Balaban J connectivity index is 1.14. The number of amides is 1. The fourth-order valence-corrected chi connectivity index (χ4v) is 7.86. The molecule has 0 radical (unpaired) electrons. The minimum atomic E-state index is -0.419. The summed E-state index contributed by atoms with van der Waals surface area (Å²) >= 11 is 0. The lowest BCUT2D eigenvalue weighted by molar-refractivity contribution is -0.148. The van der Waals surface area contributed by atoms with Gasteiger partial charge >= 0.3 is 13.1 Å². The van der Waals surface area contributed by atoms with Gasteiger partial charge in [0.1, 0.15) is 5.82 Å². The van der Waals surface area contributed by atoms with Gasteiger partial charge in [-0.15, -0.1) is 0 Å². The van der Waals surface area contributed by atoms with E-state index in [2.05, 4.69) is 93.2 Å². The Morgan fingerprint density at radius 3 is 2.29 bits per heavy atom. The molecule has 0 aliphatic carbocycles. The number of fused-ring (bicyclic) bond motifs is 5. The van der Waals surface area contributed by atoms with Crippen molar-refractivity contribution >= 4 is 24.5 Å². The van der Waals surface area contributed by atoms with Crippen LogP contribution >= 0.6 is 0 Å². The molecule has 2 saturated heterocycles. The van der Waals surface area contributed by atoms with E-state index in [4.69, 9.17) is 19.0 Å². The van der Waals surface area contributed by atoms with Crippen LogP contribution in [0.3, 0.4) is 0 Å². The molecule has 4 atom stereocenters. The first-order chi connectivity index (χ1) is 22.8. The molecule has 2 bridgehead atoms. The average Bonchev–Trinajstić information content (AvgIpc) is 3.88. The number of hydrogen-bond donors (Lipinski definition) is 1. The molecular weight excluding hydrogens is 603 g/mol. The lowest BCUT2D eigenvalue weighted by Crippen LogP contribution is -2.41. The molecule has 252 valence electrons. The molecule has 4 aliphatic heterocycles. The van der Waals surface area contributed by atoms with Gasteiger partial charge in [-0.2, -0.15) is 0 Å². The summed E-state index contributed by atoms with van der Waals surface area (Å²) in [6, 6.07) is 13.3. The van der Waals surface area contributed by atoms with Gasteiger partial charge in [-0.3, -0.25) is 14.5 Å². The summed E-state index contributed by atoms with van der Waals surface area (Å²) in [7, 11) is 3.14. The highest BCUT2D eigenvalue weighted by atomic mass is 16.7. The molecule has 9 nitrogen and oxygen atoms in total. The Bertz CT molecular complexity index is 1750. The summed E-state index contributed by atoms with van der Waals surface area (Å²) in [5.74, 6) is 0.0198. The van der Waals surface area contributed by atoms with Crippen molar-refractivity contribution in [2.75, 3.05) is 20.7 Å². The van der Waals surface area contributed by atoms with Crippen LogP contribution in [0.25, 0.3) is 22.4 Å². The third-order valence-corrected chi connectivity index (χ3v) is 11.5. The number of nitrogens with zero attached hydrogens (tertiary/aromatic N) is 3. The summed E-state index contributed by atoms with van der Waals surface area (Å²) < 4.78 is 17.9. The molecule has 3 aromatic rings. The fourth-order valence-electron chi connectivity index (χ4n) is 7.86. The zero-order valence-corrected chi connectivity index (χ0v) is 29.4. The third-order valence-electron chi connectivity index (χ3n) is 11.5. The van der Waals surface area contributed by atoms with Crippen molar-refractivity contribution in [3.63, 3.8) is 0 Å². The van der Waals surface area contributed by atoms with Crippen molar-refractivity contribution in [2.45, 2.75) is 90.1 Å². The number of carbonyl (C=O) groups excluding carboxylic acids is 2. The predicted octanol–water partition coefficient (Wildman–Crippen LogP) is 6.14. The lowest BCUT2D eigenvalue weighted by atomic mass is 9.71. The lowest BCUT2D eigenvalue weighted by Gasteiger charge is -2.32. The van der Waals surface area contributed by atoms with Gasteiger partial charge in [-0.25, -0.2) is 4.98 Å². The van der Waals surface area contributed by atoms with Gasteiger partial charge in [0.15, 0.2) is 0 Å². The van der Waals surface area contributed by atoms with Crippen molar-refractivity contribution < 1.29 is 23.6 Å². The van der Waals surface area contributed by atoms with Crippen LogP contribution in [-0.2, 0) is 23.6 Å². The number of ether oxygens (including phenoxy) is 1. The summed E-state index contributed by atoms with van der Waals surface area (Å²) in [5.41, 5.74) is 7.24. The molecule has 1 amide bonds. The SMILES string of the molecule is COC(=O)C[C@H](C(=O)N1CCC[C@H]1c1ncc(-c2ccc(-c3ccc(B4OC(C)(C)C(C)(C)O4)c4c3C3C=CC4N3C)cc2)[nH]1)C(C)C. The highest BCUT2D eigenvalue weighted by Gasteiger charge is 2.54. The number of hydrogen-bond acceptors (Lipinski definition) is 7. The standard InChI is InChI=1S/C38H47BN4O5/c1-22(2)26(20-32(44)46-8)36(45)43-19-9-10-31(43)35-40-21-28(41-35)24-13-11-23(12-14-24)25-15-16-27(39-47-37(3,4)38(5,6)48-39)34-30-18-17-29(33(25)34)42(30)7/h11-18,21-22,26,29-31H,9-10,19-20H2,1-8H3,(H,40,41)/t26-,29?,30?,31-/m0/s1. The van der Waals surface area contributed by atoms with Gasteiger partial charge < -0.3 is 23.9 Å². The molecular formula is C38H47BN4O5. The molecule has 2 unspecified atom stereocenters. The van der Waals surface area contributed by atoms with Gasteiger partial charge in [0, 0.05) is 6.54 Å². The van der Waals surface area contributed by atoms with Crippen molar-refractivity contribution in [3.05, 3.63) is 71.7 Å². The van der Waals surface area contributed by atoms with E-state index in [0.29, 0.717) is 6.54 Å². The second-order valence-corrected chi connectivity index (χ2v) is 15.1. The molecule has 2 aromatic carbocycles. The normalized spacial score (nSPS) is 24.5. The van der Waals surface area contributed by atoms with Crippen LogP contribution in [0.2, 0.25) is 0 Å². The van der Waals surface area contributed by atoms with Gasteiger partial charge in [0.25, 0.3) is 0 Å². The molecule has 1 aromatic heterocycles. The van der Waals surface area contributed by atoms with E-state index in [1.807, 2.05) is 24.9 Å². The first-order valence-corrected chi connectivity index (χ1v) is 17.3. The highest BCUT2D eigenvalue weighted by Crippen LogP contribution is 2.51. The summed E-state index contributed by atoms with van der Waals surface area (Å²) in [6.07, 6.45) is 8.28. The number of imidazole rings is 1. The van der Waals surface area contributed by atoms with E-state index in [1.165, 1.54) is 23.8 Å². The van der Waals surface area contributed by atoms with E-state index >= 15 is 0 Å². The summed E-state index contributed by atoms with van der Waals surface area (Å²) in [6.45, 7) is 13.0. The number of carbonyl (C=O) groups is 2. The fraction of sp³-hybridized carbons (Fsp3) is 0.500. The van der Waals surface area contributed by atoms with Crippen LogP contribution < -0.4 is 5.46 Å². The van der Waals surface area contributed by atoms with E-state index in [9.17, 15) is 9.59 Å². The first-order valence-electron chi connectivity index (χ1n) is 17.3. The van der Waals surface area contributed by atoms with E-state index in [-0.39, 0.29) is 42.3 Å². The van der Waals surface area contributed by atoms with Crippen molar-refractivity contribution in [3.8, 4) is 22.4 Å². The zero-order valence-electron chi connectivity index (χ0n) is 29.4. The highest BCUT2D eigenvalue weighted by molar-refractivity contribution is 6.62. The van der Waals surface area contributed by atoms with Gasteiger partial charge in [0.2, 0.25) is 5.91 Å². The Morgan fingerprint density at radius 1 is 1.00 bits per heavy atom. The Hall–Kier alpha value is -3.73. The van der Waals surface area contributed by atoms with Crippen LogP contribution in [0, 0.1) is 11.8 Å². The monoisotopic (exact) mass is 650 g/mol. The Morgan fingerprint density at radius 2 is 1.65 bits per heavy atom. The van der Waals surface area contributed by atoms with E-state index in [0.717, 1.165) is 40.9 Å². The van der Waals surface area contributed by atoms with Crippen molar-refractivity contribution in [2.24, 2.45) is 11.8 Å². The number of likely N-dealkylation sites (N-methyl/N-ethyl adjacent to an activating group) is 1. The number of nitrogens with one attached hydrogen (secondary N) is 1. The molecule has 7 rings (SSSR count). The second kappa shape index (κ2) is 12.0. The molecule has 0 spiro atoms. The Kier molecular flexibility index (Phi) is 8.20. The maximum Gasteiger partial charge on any atom is 0.495 e. The topological polar surface area (TPSA) is 97.0 Å². The Labute approximate surface area is 284 Å². The minimum absolute atomic E-state index is 0.00794. The smallest absolute Gasteiger partial charge is 0.469 e. The number of likely N-dealkylation sites (tertiary alicyclic amines) is 1.